The molecule has 2 N–H and O–H groups in total. The Morgan fingerprint density at radius 1 is 1.17 bits per heavy atom. The molecular formula is C21H28N4O5. The second-order valence-electron chi connectivity index (χ2n) is 7.02. The van der Waals surface area contributed by atoms with Crippen LogP contribution in [-0.2, 0) is 26.2 Å². The zero-order valence-corrected chi connectivity index (χ0v) is 18.1. The fraction of sp³-hybridized carbons (Fsp3) is 0.429. The lowest BCUT2D eigenvalue weighted by Gasteiger charge is -2.19. The van der Waals surface area contributed by atoms with Crippen molar-refractivity contribution < 1.29 is 23.9 Å². The number of aryl methyl sites for hydroxylation is 2. The third-order valence-electron chi connectivity index (χ3n) is 4.70. The van der Waals surface area contributed by atoms with E-state index >= 15 is 0 Å². The van der Waals surface area contributed by atoms with Crippen molar-refractivity contribution >= 4 is 23.5 Å². The number of benzene rings is 1. The summed E-state index contributed by atoms with van der Waals surface area (Å²) in [6.45, 7) is 6.48. The standard InChI is InChI=1S/C21H28N4O5/c1-12-20(13(2)25(5)24-12)23-21(28)14(3)30-19(27)11-18(22-15(4)26)16-7-9-17(29-6)10-8-16/h7-10,14,18H,11H2,1-6H3,(H,22,26)(H,23,28). The van der Waals surface area contributed by atoms with Gasteiger partial charge in [-0.25, -0.2) is 0 Å². The predicted octanol–water partition coefficient (Wildman–Crippen LogP) is 2.18. The summed E-state index contributed by atoms with van der Waals surface area (Å²) in [5.74, 6) is -0.680. The smallest absolute Gasteiger partial charge is 0.309 e. The molecule has 2 atom stereocenters. The third-order valence-corrected chi connectivity index (χ3v) is 4.70. The predicted molar refractivity (Wildman–Crippen MR) is 111 cm³/mol. The number of anilines is 1. The van der Waals surface area contributed by atoms with Crippen molar-refractivity contribution in [3.63, 3.8) is 0 Å². The number of nitrogens with zero attached hydrogens (tertiary/aromatic N) is 2. The number of esters is 1. The van der Waals surface area contributed by atoms with Crippen molar-refractivity contribution in [2.45, 2.75) is 46.3 Å². The van der Waals surface area contributed by atoms with E-state index in [4.69, 9.17) is 9.47 Å². The summed E-state index contributed by atoms with van der Waals surface area (Å²) in [4.78, 5) is 36.5. The van der Waals surface area contributed by atoms with E-state index in [1.54, 1.807) is 50.0 Å². The molecule has 0 saturated heterocycles. The minimum Gasteiger partial charge on any atom is -0.497 e. The van der Waals surface area contributed by atoms with Crippen molar-refractivity contribution in [3.8, 4) is 5.75 Å². The van der Waals surface area contributed by atoms with Gasteiger partial charge in [-0.05, 0) is 38.5 Å². The van der Waals surface area contributed by atoms with E-state index in [9.17, 15) is 14.4 Å². The number of carbonyl (C=O) groups is 3. The minimum absolute atomic E-state index is 0.117. The fourth-order valence-corrected chi connectivity index (χ4v) is 2.98. The van der Waals surface area contributed by atoms with Gasteiger partial charge in [0.25, 0.3) is 5.91 Å². The van der Waals surface area contributed by atoms with Crippen molar-refractivity contribution in [1.29, 1.82) is 0 Å². The molecule has 0 radical (unpaired) electrons. The highest BCUT2D eigenvalue weighted by molar-refractivity contribution is 5.96. The van der Waals surface area contributed by atoms with Crippen molar-refractivity contribution in [3.05, 3.63) is 41.2 Å². The number of nitrogens with one attached hydrogen (secondary N) is 2. The molecule has 1 aromatic heterocycles. The average molecular weight is 416 g/mol. The minimum atomic E-state index is -1.01. The molecule has 0 saturated carbocycles. The highest BCUT2D eigenvalue weighted by Crippen LogP contribution is 2.22. The first-order valence-electron chi connectivity index (χ1n) is 9.54. The Hall–Kier alpha value is -3.36. The van der Waals surface area contributed by atoms with Crippen LogP contribution in [0.5, 0.6) is 5.75 Å². The van der Waals surface area contributed by atoms with Crippen LogP contribution < -0.4 is 15.4 Å². The van der Waals surface area contributed by atoms with Gasteiger partial charge in [0, 0.05) is 14.0 Å². The first kappa shape index (κ1) is 22.9. The van der Waals surface area contributed by atoms with Crippen LogP contribution in [0.25, 0.3) is 0 Å². The molecule has 0 aliphatic rings. The van der Waals surface area contributed by atoms with Crippen molar-refractivity contribution in [2.24, 2.45) is 7.05 Å². The molecule has 2 rings (SSSR count). The molecule has 2 amide bonds. The number of hydrogen-bond acceptors (Lipinski definition) is 6. The molecule has 1 heterocycles. The van der Waals surface area contributed by atoms with Gasteiger partial charge in [-0.3, -0.25) is 19.1 Å². The maximum absolute atomic E-state index is 12.5. The van der Waals surface area contributed by atoms with Crippen molar-refractivity contribution in [2.75, 3.05) is 12.4 Å². The Labute approximate surface area is 175 Å². The molecule has 9 nitrogen and oxygen atoms in total. The molecule has 0 fully saturated rings. The van der Waals surface area contributed by atoms with Gasteiger partial charge in [-0.2, -0.15) is 5.10 Å². The van der Waals surface area contributed by atoms with Crippen LogP contribution in [0.15, 0.2) is 24.3 Å². The molecule has 0 aliphatic carbocycles. The van der Waals surface area contributed by atoms with Gasteiger partial charge in [0.1, 0.15) is 5.75 Å². The summed E-state index contributed by atoms with van der Waals surface area (Å²) >= 11 is 0. The summed E-state index contributed by atoms with van der Waals surface area (Å²) in [7, 11) is 3.33. The molecule has 1 aromatic carbocycles. The Morgan fingerprint density at radius 2 is 1.80 bits per heavy atom. The van der Waals surface area contributed by atoms with Crippen LogP contribution in [0.3, 0.4) is 0 Å². The summed E-state index contributed by atoms with van der Waals surface area (Å²) in [6.07, 6.45) is -1.13. The quantitative estimate of drug-likeness (QED) is 0.638. The molecule has 0 spiro atoms. The number of ether oxygens (including phenoxy) is 2. The third kappa shape index (κ3) is 5.82. The van der Waals surface area contributed by atoms with E-state index < -0.39 is 24.0 Å². The van der Waals surface area contributed by atoms with Gasteiger partial charge in [0.2, 0.25) is 5.91 Å². The monoisotopic (exact) mass is 416 g/mol. The topological polar surface area (TPSA) is 112 Å². The van der Waals surface area contributed by atoms with Gasteiger partial charge in [0.15, 0.2) is 6.10 Å². The molecule has 0 bridgehead atoms. The normalized spacial score (nSPS) is 12.6. The highest BCUT2D eigenvalue weighted by atomic mass is 16.5. The van der Waals surface area contributed by atoms with Crippen LogP contribution in [0.1, 0.15) is 43.3 Å². The van der Waals surface area contributed by atoms with E-state index in [2.05, 4.69) is 15.7 Å². The van der Waals surface area contributed by atoms with Gasteiger partial charge >= 0.3 is 5.97 Å². The SMILES string of the molecule is COc1ccc(C(CC(=O)OC(C)C(=O)Nc2c(C)nn(C)c2C)NC(C)=O)cc1. The number of amides is 2. The number of rotatable bonds is 8. The van der Waals surface area contributed by atoms with Gasteiger partial charge in [0.05, 0.1) is 36.6 Å². The summed E-state index contributed by atoms with van der Waals surface area (Å²) < 4.78 is 12.1. The lowest BCUT2D eigenvalue weighted by molar-refractivity contribution is -0.153. The summed E-state index contributed by atoms with van der Waals surface area (Å²) in [5.41, 5.74) is 2.79. The van der Waals surface area contributed by atoms with Crippen LogP contribution in [-0.4, -0.2) is 40.8 Å². The molecule has 9 heteroatoms. The van der Waals surface area contributed by atoms with Crippen LogP contribution >= 0.6 is 0 Å². The Kier molecular flexibility index (Phi) is 7.57. The van der Waals surface area contributed by atoms with E-state index in [1.807, 2.05) is 6.92 Å². The number of hydrogen-bond donors (Lipinski definition) is 2. The first-order valence-corrected chi connectivity index (χ1v) is 9.54. The van der Waals surface area contributed by atoms with Crippen LogP contribution in [0, 0.1) is 13.8 Å². The Morgan fingerprint density at radius 3 is 2.30 bits per heavy atom. The van der Waals surface area contributed by atoms with Gasteiger partial charge < -0.3 is 20.1 Å². The first-order chi connectivity index (χ1) is 14.1. The lowest BCUT2D eigenvalue weighted by Crippen LogP contribution is -2.33. The summed E-state index contributed by atoms with van der Waals surface area (Å²) in [5, 5.41) is 9.73. The summed E-state index contributed by atoms with van der Waals surface area (Å²) in [6, 6.07) is 6.42. The van der Waals surface area contributed by atoms with Crippen LogP contribution in [0.4, 0.5) is 5.69 Å². The van der Waals surface area contributed by atoms with Gasteiger partial charge in [-0.15, -0.1) is 0 Å². The zero-order chi connectivity index (χ0) is 22.4. The number of aromatic nitrogens is 2. The molecule has 2 unspecified atom stereocenters. The van der Waals surface area contributed by atoms with E-state index in [0.717, 1.165) is 11.3 Å². The molecule has 30 heavy (non-hydrogen) atoms. The van der Waals surface area contributed by atoms with Crippen molar-refractivity contribution in [1.82, 2.24) is 15.1 Å². The fourth-order valence-electron chi connectivity index (χ4n) is 2.98. The number of methoxy groups -OCH3 is 1. The van der Waals surface area contributed by atoms with E-state index in [0.29, 0.717) is 17.1 Å². The molecule has 0 aliphatic heterocycles. The average Bonchev–Trinajstić information content (AvgIpc) is 2.93. The van der Waals surface area contributed by atoms with Crippen LogP contribution in [0.2, 0.25) is 0 Å². The van der Waals surface area contributed by atoms with E-state index in [-0.39, 0.29) is 12.3 Å². The van der Waals surface area contributed by atoms with E-state index in [1.165, 1.54) is 13.8 Å². The largest absolute Gasteiger partial charge is 0.497 e. The highest BCUT2D eigenvalue weighted by Gasteiger charge is 2.24. The van der Waals surface area contributed by atoms with Gasteiger partial charge in [-0.1, -0.05) is 12.1 Å². The maximum Gasteiger partial charge on any atom is 0.309 e. The Balaban J connectivity index is 2.02. The molecule has 2 aromatic rings. The lowest BCUT2D eigenvalue weighted by atomic mass is 10.0. The molecular weight excluding hydrogens is 388 g/mol. The Bertz CT molecular complexity index is 920. The molecule has 162 valence electrons. The second-order valence-corrected chi connectivity index (χ2v) is 7.02. The zero-order valence-electron chi connectivity index (χ0n) is 18.1. The second kappa shape index (κ2) is 9.91. The maximum atomic E-state index is 12.5. The number of carbonyl (C=O) groups excluding carboxylic acids is 3.